The van der Waals surface area contributed by atoms with E-state index in [1.807, 2.05) is 27.7 Å². The number of aromatic carboxylic acids is 2. The number of rotatable bonds is 6. The van der Waals surface area contributed by atoms with Gasteiger partial charge in [-0.05, 0) is 61.8 Å². The number of carbonyl (C=O) groups is 2. The Bertz CT molecular complexity index is 1020. The van der Waals surface area contributed by atoms with Gasteiger partial charge in [0, 0.05) is 18.5 Å². The number of halogens is 1. The summed E-state index contributed by atoms with van der Waals surface area (Å²) in [4.78, 5) is 28.5. The molecule has 2 aliphatic rings. The second kappa shape index (κ2) is 13.7. The number of carboxylic acids is 2. The third kappa shape index (κ3) is 11.1. The van der Waals surface area contributed by atoms with Gasteiger partial charge < -0.3 is 39.0 Å². The average Bonchev–Trinajstić information content (AvgIpc) is 3.39. The second-order valence-electron chi connectivity index (χ2n) is 8.76. The van der Waals surface area contributed by atoms with Crippen molar-refractivity contribution in [2.24, 2.45) is 0 Å². The van der Waals surface area contributed by atoms with Crippen molar-refractivity contribution in [1.29, 1.82) is 0 Å². The van der Waals surface area contributed by atoms with Crippen LogP contribution in [0.15, 0.2) is 41.3 Å². The highest BCUT2D eigenvalue weighted by Gasteiger charge is 2.33. The van der Waals surface area contributed by atoms with Crippen molar-refractivity contribution in [3.8, 4) is 5.88 Å². The van der Waals surface area contributed by atoms with Gasteiger partial charge in [0.2, 0.25) is 5.88 Å². The van der Waals surface area contributed by atoms with E-state index in [1.54, 1.807) is 6.07 Å². The summed E-state index contributed by atoms with van der Waals surface area (Å²) in [7, 11) is 0. The molecule has 2 aliphatic heterocycles. The molecule has 2 aromatic heterocycles. The Hall–Kier alpha value is -2.68. The van der Waals surface area contributed by atoms with E-state index in [1.165, 1.54) is 30.6 Å². The molecule has 2 fully saturated rings. The first kappa shape index (κ1) is 30.5. The lowest BCUT2D eigenvalue weighted by atomic mass is 10.3. The van der Waals surface area contributed by atoms with Crippen molar-refractivity contribution >= 4 is 27.9 Å². The second-order valence-corrected chi connectivity index (χ2v) is 9.57. The molecule has 37 heavy (non-hydrogen) atoms. The summed E-state index contributed by atoms with van der Waals surface area (Å²) in [5, 5.41) is 25.7. The molecule has 13 heteroatoms. The van der Waals surface area contributed by atoms with Gasteiger partial charge in [-0.3, -0.25) is 0 Å². The molecule has 12 nitrogen and oxygen atoms in total. The maximum atomic E-state index is 10.6. The van der Waals surface area contributed by atoms with Crippen LogP contribution >= 0.6 is 15.9 Å². The maximum absolute atomic E-state index is 10.6. The van der Waals surface area contributed by atoms with Crippen LogP contribution in [0.25, 0.3) is 0 Å². The van der Waals surface area contributed by atoms with Gasteiger partial charge in [-0.2, -0.15) is 0 Å². The minimum absolute atomic E-state index is 0.0451. The van der Waals surface area contributed by atoms with Crippen molar-refractivity contribution in [2.45, 2.75) is 51.5 Å². The molecule has 3 N–H and O–H groups in total. The van der Waals surface area contributed by atoms with E-state index in [9.17, 15) is 9.59 Å². The van der Waals surface area contributed by atoms with Gasteiger partial charge in [-0.25, -0.2) is 19.6 Å². The molecule has 0 aromatic carbocycles. The summed E-state index contributed by atoms with van der Waals surface area (Å²) in [6, 6.07) is 6.04. The molecule has 2 atom stereocenters. The highest BCUT2D eigenvalue weighted by Crippen LogP contribution is 2.23. The molecule has 2 saturated heterocycles. The molecule has 4 rings (SSSR count). The Morgan fingerprint density at radius 2 is 1.43 bits per heavy atom. The number of aliphatic hydroxyl groups is 1. The zero-order chi connectivity index (χ0) is 27.6. The Morgan fingerprint density at radius 3 is 1.78 bits per heavy atom. The van der Waals surface area contributed by atoms with E-state index in [0.29, 0.717) is 30.3 Å². The van der Waals surface area contributed by atoms with Crippen LogP contribution < -0.4 is 4.74 Å². The van der Waals surface area contributed by atoms with Crippen molar-refractivity contribution in [3.63, 3.8) is 0 Å². The molecule has 0 spiro atoms. The predicted molar refractivity (Wildman–Crippen MR) is 132 cm³/mol. The lowest BCUT2D eigenvalue weighted by Gasteiger charge is -2.17. The first-order valence-electron chi connectivity index (χ1n) is 11.2. The van der Waals surface area contributed by atoms with E-state index in [-0.39, 0.29) is 29.9 Å². The van der Waals surface area contributed by atoms with Crippen LogP contribution in [0.1, 0.15) is 48.4 Å². The lowest BCUT2D eigenvalue weighted by molar-refractivity contribution is -0.142. The molecule has 0 bridgehead atoms. The minimum Gasteiger partial charge on any atom is -0.478 e. The zero-order valence-electron chi connectivity index (χ0n) is 20.9. The van der Waals surface area contributed by atoms with Gasteiger partial charge in [0.1, 0.15) is 23.4 Å². The first-order valence-corrected chi connectivity index (χ1v) is 12.0. The third-order valence-corrected chi connectivity index (χ3v) is 5.18. The Balaban J connectivity index is 0.000000214. The van der Waals surface area contributed by atoms with Crippen LogP contribution in [-0.2, 0) is 18.9 Å². The molecular weight excluding hydrogens is 556 g/mol. The molecule has 2 aromatic rings. The summed E-state index contributed by atoms with van der Waals surface area (Å²) >= 11 is 3.09. The van der Waals surface area contributed by atoms with E-state index in [0.717, 1.165) is 0 Å². The number of aromatic nitrogens is 2. The largest absolute Gasteiger partial charge is 0.478 e. The van der Waals surface area contributed by atoms with Crippen LogP contribution in [0.2, 0.25) is 0 Å². The van der Waals surface area contributed by atoms with Crippen LogP contribution in [0.5, 0.6) is 5.88 Å². The molecule has 204 valence electrons. The van der Waals surface area contributed by atoms with Gasteiger partial charge >= 0.3 is 11.9 Å². The number of nitrogens with zero attached hydrogens (tertiary/aromatic N) is 2. The minimum atomic E-state index is -1.01. The highest BCUT2D eigenvalue weighted by atomic mass is 79.9. The SMILES string of the molecule is CC1(C)OCC(CO)O1.CC1(C)OCC(COc2ccc(C(=O)O)cn2)O1.O=C(O)c1ccc(Br)nc1. The number of aliphatic hydroxyl groups excluding tert-OH is 1. The van der Waals surface area contributed by atoms with Crippen LogP contribution in [0.3, 0.4) is 0 Å². The summed E-state index contributed by atoms with van der Waals surface area (Å²) in [5.74, 6) is -2.67. The van der Waals surface area contributed by atoms with Gasteiger partial charge in [0.05, 0.1) is 30.9 Å². The molecule has 0 aliphatic carbocycles. The van der Waals surface area contributed by atoms with Gasteiger partial charge in [0.15, 0.2) is 11.6 Å². The van der Waals surface area contributed by atoms with Crippen molar-refractivity contribution in [1.82, 2.24) is 9.97 Å². The zero-order valence-corrected chi connectivity index (χ0v) is 22.5. The molecule has 4 heterocycles. The van der Waals surface area contributed by atoms with Crippen molar-refractivity contribution < 1.29 is 48.6 Å². The fourth-order valence-corrected chi connectivity index (χ4v) is 3.21. The molecular formula is C24H31BrN2O10. The smallest absolute Gasteiger partial charge is 0.337 e. The topological polar surface area (TPSA) is 167 Å². The lowest BCUT2D eigenvalue weighted by Crippen LogP contribution is -2.25. The Morgan fingerprint density at radius 1 is 0.919 bits per heavy atom. The van der Waals surface area contributed by atoms with Gasteiger partial charge in [-0.1, -0.05) is 0 Å². The number of hydrogen-bond donors (Lipinski definition) is 3. The van der Waals surface area contributed by atoms with Crippen molar-refractivity contribution in [2.75, 3.05) is 26.4 Å². The Kier molecular flexibility index (Phi) is 11.3. The summed E-state index contributed by atoms with van der Waals surface area (Å²) in [6.07, 6.45) is 2.29. The normalized spacial score (nSPS) is 21.1. The number of pyridine rings is 2. The Labute approximate surface area is 222 Å². The number of hydrogen-bond acceptors (Lipinski definition) is 10. The third-order valence-electron chi connectivity index (χ3n) is 4.71. The maximum Gasteiger partial charge on any atom is 0.337 e. The molecule has 0 amide bonds. The molecule has 0 radical (unpaired) electrons. The molecule has 0 saturated carbocycles. The summed E-state index contributed by atoms with van der Waals surface area (Å²) < 4.78 is 27.4. The first-order chi connectivity index (χ1) is 17.3. The van der Waals surface area contributed by atoms with Crippen LogP contribution in [-0.4, -0.2) is 87.4 Å². The fourth-order valence-electron chi connectivity index (χ4n) is 2.97. The summed E-state index contributed by atoms with van der Waals surface area (Å²) in [5.41, 5.74) is 0.326. The number of ether oxygens (including phenoxy) is 5. The van der Waals surface area contributed by atoms with E-state index in [4.69, 9.17) is 39.0 Å². The monoisotopic (exact) mass is 586 g/mol. The van der Waals surface area contributed by atoms with E-state index in [2.05, 4.69) is 25.9 Å². The molecule has 2 unspecified atom stereocenters. The van der Waals surface area contributed by atoms with Crippen LogP contribution in [0, 0.1) is 0 Å². The van der Waals surface area contributed by atoms with Crippen molar-refractivity contribution in [3.05, 3.63) is 52.4 Å². The predicted octanol–water partition coefficient (Wildman–Crippen LogP) is 2.98. The standard InChI is InChI=1S/C12H15NO5.C6H4BrNO2.C6H12O3/c1-12(2)17-7-9(18-12)6-16-10-4-3-8(5-13-10)11(14)15;7-5-2-1-4(3-8-5)6(9)10;1-6(2)8-4-5(3-7)9-6/h3-5,9H,6-7H2,1-2H3,(H,14,15);1-3H,(H,9,10);5,7H,3-4H2,1-2H3. The number of carboxylic acid groups (broad SMARTS) is 2. The van der Waals surface area contributed by atoms with E-state index >= 15 is 0 Å². The van der Waals surface area contributed by atoms with Gasteiger partial charge in [-0.15, -0.1) is 0 Å². The summed E-state index contributed by atoms with van der Waals surface area (Å²) in [6.45, 7) is 8.70. The van der Waals surface area contributed by atoms with Crippen LogP contribution in [0.4, 0.5) is 0 Å². The van der Waals surface area contributed by atoms with E-state index < -0.39 is 23.5 Å². The van der Waals surface area contributed by atoms with Gasteiger partial charge in [0.25, 0.3) is 0 Å². The highest BCUT2D eigenvalue weighted by molar-refractivity contribution is 9.10. The quantitative estimate of drug-likeness (QED) is 0.424. The average molecular weight is 587 g/mol. The fraction of sp³-hybridized carbons (Fsp3) is 0.500.